The van der Waals surface area contributed by atoms with E-state index in [2.05, 4.69) is 5.32 Å². The molecule has 0 aliphatic heterocycles. The zero-order valence-corrected chi connectivity index (χ0v) is 16.7. The number of sulfone groups is 2. The summed E-state index contributed by atoms with van der Waals surface area (Å²) in [5.74, 6) is -1.24. The highest BCUT2D eigenvalue weighted by molar-refractivity contribution is 7.92. The Balaban J connectivity index is 2.03. The molecule has 1 fully saturated rings. The van der Waals surface area contributed by atoms with Crippen LogP contribution in [0.5, 0.6) is 0 Å². The number of hydrogen-bond acceptors (Lipinski definition) is 5. The summed E-state index contributed by atoms with van der Waals surface area (Å²) in [5.41, 5.74) is 0.304. The molecule has 1 aliphatic carbocycles. The van der Waals surface area contributed by atoms with Crippen molar-refractivity contribution in [1.82, 2.24) is 0 Å². The number of amides is 1. The molecular weight excluding hydrogens is 374 g/mol. The standard InChI is InChI=1S/C18H27NO5S2/c1-2-3-6-12-25(21,22)14-18(20)19-15-8-7-11-17(13-15)26(23,24)16-9-4-5-10-16/h7-8,11,13,16H,2-6,9-10,12,14H2,1H3,(H,19,20). The number of unbranched alkanes of at least 4 members (excludes halogenated alkanes) is 2. The maximum absolute atomic E-state index is 12.6. The van der Waals surface area contributed by atoms with Crippen LogP contribution < -0.4 is 5.32 Å². The van der Waals surface area contributed by atoms with Gasteiger partial charge in [-0.25, -0.2) is 16.8 Å². The first-order valence-corrected chi connectivity index (χ1v) is 12.5. The van der Waals surface area contributed by atoms with E-state index in [1.807, 2.05) is 6.92 Å². The Bertz CT molecular complexity index is 825. The summed E-state index contributed by atoms with van der Waals surface area (Å²) in [7, 11) is -6.87. The number of rotatable bonds is 9. The van der Waals surface area contributed by atoms with Crippen LogP contribution >= 0.6 is 0 Å². The lowest BCUT2D eigenvalue weighted by atomic mass is 10.3. The van der Waals surface area contributed by atoms with Gasteiger partial charge < -0.3 is 5.32 Å². The quantitative estimate of drug-likeness (QED) is 0.642. The zero-order valence-electron chi connectivity index (χ0n) is 15.1. The normalized spacial score (nSPS) is 15.9. The van der Waals surface area contributed by atoms with Crippen molar-refractivity contribution < 1.29 is 21.6 Å². The molecule has 0 saturated heterocycles. The van der Waals surface area contributed by atoms with Gasteiger partial charge in [0.15, 0.2) is 19.7 Å². The minimum Gasteiger partial charge on any atom is -0.325 e. The lowest BCUT2D eigenvalue weighted by molar-refractivity contribution is -0.113. The minimum absolute atomic E-state index is 0.00956. The van der Waals surface area contributed by atoms with Crippen molar-refractivity contribution in [3.05, 3.63) is 24.3 Å². The summed E-state index contributed by atoms with van der Waals surface area (Å²) in [6.07, 6.45) is 5.41. The number of nitrogens with one attached hydrogen (secondary N) is 1. The average molecular weight is 402 g/mol. The van der Waals surface area contributed by atoms with Gasteiger partial charge in [0.2, 0.25) is 5.91 Å². The lowest BCUT2D eigenvalue weighted by Crippen LogP contribution is -2.25. The van der Waals surface area contributed by atoms with Gasteiger partial charge in [-0.2, -0.15) is 0 Å². The molecule has 146 valence electrons. The predicted octanol–water partition coefficient (Wildman–Crippen LogP) is 2.95. The summed E-state index contributed by atoms with van der Waals surface area (Å²) in [4.78, 5) is 12.2. The van der Waals surface area contributed by atoms with E-state index in [9.17, 15) is 21.6 Å². The first-order valence-electron chi connectivity index (χ1n) is 9.09. The fraction of sp³-hybridized carbons (Fsp3) is 0.611. The number of anilines is 1. The third-order valence-electron chi connectivity index (χ3n) is 4.60. The molecule has 1 aliphatic rings. The zero-order chi connectivity index (χ0) is 19.2. The first-order chi connectivity index (χ1) is 12.2. The number of hydrogen-bond donors (Lipinski definition) is 1. The van der Waals surface area contributed by atoms with Crippen molar-refractivity contribution in [3.8, 4) is 0 Å². The highest BCUT2D eigenvalue weighted by atomic mass is 32.2. The molecule has 2 rings (SSSR count). The Labute approximate surface area is 156 Å². The van der Waals surface area contributed by atoms with Crippen molar-refractivity contribution in [2.24, 2.45) is 0 Å². The van der Waals surface area contributed by atoms with E-state index in [-0.39, 0.29) is 15.9 Å². The number of carbonyl (C=O) groups is 1. The molecule has 1 aromatic rings. The van der Waals surface area contributed by atoms with Crippen molar-refractivity contribution in [2.75, 3.05) is 16.8 Å². The number of benzene rings is 1. The Morgan fingerprint density at radius 1 is 1.12 bits per heavy atom. The third-order valence-corrected chi connectivity index (χ3v) is 8.47. The monoisotopic (exact) mass is 401 g/mol. The fourth-order valence-corrected chi connectivity index (χ4v) is 6.34. The summed E-state index contributed by atoms with van der Waals surface area (Å²) in [6.45, 7) is 1.98. The van der Waals surface area contributed by atoms with E-state index in [0.29, 0.717) is 24.9 Å². The summed E-state index contributed by atoms with van der Waals surface area (Å²) in [6, 6.07) is 6.06. The topological polar surface area (TPSA) is 97.4 Å². The molecule has 0 atom stereocenters. The third kappa shape index (κ3) is 5.81. The highest BCUT2D eigenvalue weighted by Gasteiger charge is 2.30. The van der Waals surface area contributed by atoms with E-state index in [1.54, 1.807) is 12.1 Å². The van der Waals surface area contributed by atoms with Gasteiger partial charge in [0, 0.05) is 5.69 Å². The van der Waals surface area contributed by atoms with Gasteiger partial charge in [-0.15, -0.1) is 0 Å². The van der Waals surface area contributed by atoms with Gasteiger partial charge in [-0.1, -0.05) is 38.7 Å². The molecule has 26 heavy (non-hydrogen) atoms. The summed E-state index contributed by atoms with van der Waals surface area (Å²) in [5, 5.41) is 2.14. The molecule has 0 unspecified atom stereocenters. The summed E-state index contributed by atoms with van der Waals surface area (Å²) < 4.78 is 49.2. The predicted molar refractivity (Wildman–Crippen MR) is 103 cm³/mol. The van der Waals surface area contributed by atoms with Crippen molar-refractivity contribution in [1.29, 1.82) is 0 Å². The number of carbonyl (C=O) groups excluding carboxylic acids is 1. The van der Waals surface area contributed by atoms with Crippen molar-refractivity contribution in [3.63, 3.8) is 0 Å². The SMILES string of the molecule is CCCCCS(=O)(=O)CC(=O)Nc1cccc(S(=O)(=O)C2CCCC2)c1. The molecule has 0 bridgehead atoms. The van der Waals surface area contributed by atoms with Crippen LogP contribution in [-0.2, 0) is 24.5 Å². The second-order valence-corrected chi connectivity index (χ2v) is 11.2. The van der Waals surface area contributed by atoms with Crippen LogP contribution in [0.15, 0.2) is 29.2 Å². The maximum atomic E-state index is 12.6. The van der Waals surface area contributed by atoms with E-state index in [0.717, 1.165) is 25.7 Å². The molecule has 1 amide bonds. The smallest absolute Gasteiger partial charge is 0.239 e. The summed E-state index contributed by atoms with van der Waals surface area (Å²) >= 11 is 0. The Morgan fingerprint density at radius 2 is 1.81 bits per heavy atom. The van der Waals surface area contributed by atoms with Crippen LogP contribution in [0, 0.1) is 0 Å². The van der Waals surface area contributed by atoms with Gasteiger partial charge in [-0.05, 0) is 37.5 Å². The highest BCUT2D eigenvalue weighted by Crippen LogP contribution is 2.30. The molecule has 0 spiro atoms. The largest absolute Gasteiger partial charge is 0.325 e. The van der Waals surface area contributed by atoms with Crippen LogP contribution in [0.25, 0.3) is 0 Å². The van der Waals surface area contributed by atoms with Crippen molar-refractivity contribution in [2.45, 2.75) is 62.0 Å². The van der Waals surface area contributed by atoms with Gasteiger partial charge in [0.25, 0.3) is 0 Å². The van der Waals surface area contributed by atoms with Gasteiger partial charge in [0.05, 0.1) is 15.9 Å². The Morgan fingerprint density at radius 3 is 2.46 bits per heavy atom. The molecule has 0 radical (unpaired) electrons. The van der Waals surface area contributed by atoms with E-state index in [4.69, 9.17) is 0 Å². The molecule has 1 aromatic carbocycles. The first kappa shape index (κ1) is 20.9. The van der Waals surface area contributed by atoms with Crippen LogP contribution in [0.3, 0.4) is 0 Å². The second kappa shape index (κ2) is 8.99. The molecule has 6 nitrogen and oxygen atoms in total. The van der Waals surface area contributed by atoms with Gasteiger partial charge in [-0.3, -0.25) is 4.79 Å². The molecular formula is C18H27NO5S2. The molecule has 0 heterocycles. The molecule has 0 aromatic heterocycles. The van der Waals surface area contributed by atoms with E-state index < -0.39 is 31.3 Å². The lowest BCUT2D eigenvalue weighted by Gasteiger charge is -2.12. The second-order valence-electron chi connectivity index (χ2n) is 6.83. The van der Waals surface area contributed by atoms with E-state index in [1.165, 1.54) is 12.1 Å². The molecule has 1 N–H and O–H groups in total. The maximum Gasteiger partial charge on any atom is 0.239 e. The molecule has 8 heteroatoms. The van der Waals surface area contributed by atoms with Crippen LogP contribution in [0.1, 0.15) is 51.9 Å². The molecule has 1 saturated carbocycles. The Hall–Kier alpha value is -1.41. The van der Waals surface area contributed by atoms with Crippen LogP contribution in [0.2, 0.25) is 0 Å². The Kier molecular flexibility index (Phi) is 7.23. The average Bonchev–Trinajstić information content (AvgIpc) is 3.09. The van der Waals surface area contributed by atoms with Crippen LogP contribution in [0.4, 0.5) is 5.69 Å². The van der Waals surface area contributed by atoms with Crippen molar-refractivity contribution >= 4 is 31.3 Å². The van der Waals surface area contributed by atoms with E-state index >= 15 is 0 Å². The van der Waals surface area contributed by atoms with Gasteiger partial charge >= 0.3 is 0 Å². The minimum atomic E-state index is -3.46. The van der Waals surface area contributed by atoms with Crippen LogP contribution in [-0.4, -0.2) is 39.5 Å². The van der Waals surface area contributed by atoms with Gasteiger partial charge in [0.1, 0.15) is 5.75 Å². The fourth-order valence-electron chi connectivity index (χ4n) is 3.18.